The first-order valence-corrected chi connectivity index (χ1v) is 9.37. The van der Waals surface area contributed by atoms with Gasteiger partial charge in [-0.15, -0.1) is 0 Å². The van der Waals surface area contributed by atoms with Gasteiger partial charge in [0, 0.05) is 25.9 Å². The predicted octanol–water partition coefficient (Wildman–Crippen LogP) is 3.76. The molecule has 1 heterocycles. The Labute approximate surface area is 170 Å². The summed E-state index contributed by atoms with van der Waals surface area (Å²) in [6, 6.07) is 17.2. The Hall–Kier alpha value is -3.45. The summed E-state index contributed by atoms with van der Waals surface area (Å²) in [5.74, 6) is 1.04. The molecule has 3 aromatic rings. The lowest BCUT2D eigenvalue weighted by Gasteiger charge is -2.09. The topological polar surface area (TPSA) is 85.4 Å². The molecule has 0 aliphatic rings. The van der Waals surface area contributed by atoms with Gasteiger partial charge in [0.25, 0.3) is 5.91 Å². The third-order valence-corrected chi connectivity index (χ3v) is 4.08. The highest BCUT2D eigenvalue weighted by Crippen LogP contribution is 2.17. The van der Waals surface area contributed by atoms with Crippen molar-refractivity contribution in [2.75, 3.05) is 30.9 Å². The smallest absolute Gasteiger partial charge is 0.275 e. The lowest BCUT2D eigenvalue weighted by atomic mass is 10.2. The number of amides is 1. The highest BCUT2D eigenvalue weighted by molar-refractivity contribution is 6.02. The van der Waals surface area contributed by atoms with E-state index in [2.05, 4.69) is 20.6 Å². The van der Waals surface area contributed by atoms with Crippen molar-refractivity contribution in [2.45, 2.75) is 13.0 Å². The van der Waals surface area contributed by atoms with Gasteiger partial charge in [-0.1, -0.05) is 30.3 Å². The summed E-state index contributed by atoms with van der Waals surface area (Å²) in [5.41, 5.74) is 2.00. The number of anilines is 2. The summed E-state index contributed by atoms with van der Waals surface area (Å²) < 4.78 is 10.7. The Morgan fingerprint density at radius 2 is 1.79 bits per heavy atom. The normalized spacial score (nSPS) is 10.4. The molecule has 0 radical (unpaired) electrons. The monoisotopic (exact) mass is 392 g/mol. The summed E-state index contributed by atoms with van der Waals surface area (Å²) in [6.07, 6.45) is 3.86. The van der Waals surface area contributed by atoms with Crippen LogP contribution in [0.3, 0.4) is 0 Å². The largest absolute Gasteiger partial charge is 0.489 e. The van der Waals surface area contributed by atoms with Crippen molar-refractivity contribution in [3.8, 4) is 5.75 Å². The number of nitrogens with zero attached hydrogens (tertiary/aromatic N) is 2. The molecule has 0 saturated heterocycles. The number of hydrogen-bond acceptors (Lipinski definition) is 6. The molecule has 29 heavy (non-hydrogen) atoms. The van der Waals surface area contributed by atoms with Crippen LogP contribution in [0.5, 0.6) is 5.75 Å². The molecule has 1 amide bonds. The highest BCUT2D eigenvalue weighted by atomic mass is 16.5. The average Bonchev–Trinajstić information content (AvgIpc) is 2.77. The van der Waals surface area contributed by atoms with Crippen LogP contribution in [0.25, 0.3) is 0 Å². The maximum absolute atomic E-state index is 12.3. The van der Waals surface area contributed by atoms with Crippen LogP contribution in [-0.2, 0) is 11.3 Å². The van der Waals surface area contributed by atoms with Crippen molar-refractivity contribution in [3.63, 3.8) is 0 Å². The Kier molecular flexibility index (Phi) is 7.54. The van der Waals surface area contributed by atoms with E-state index in [-0.39, 0.29) is 11.6 Å². The highest BCUT2D eigenvalue weighted by Gasteiger charge is 2.09. The van der Waals surface area contributed by atoms with Crippen molar-refractivity contribution < 1.29 is 14.3 Å². The Morgan fingerprint density at radius 1 is 1.00 bits per heavy atom. The zero-order chi connectivity index (χ0) is 20.3. The molecule has 7 nitrogen and oxygen atoms in total. The Bertz CT molecular complexity index is 884. The fourth-order valence-electron chi connectivity index (χ4n) is 2.54. The second kappa shape index (κ2) is 10.8. The van der Waals surface area contributed by atoms with Crippen LogP contribution in [0.15, 0.2) is 67.0 Å². The molecule has 7 heteroatoms. The second-order valence-corrected chi connectivity index (χ2v) is 6.31. The van der Waals surface area contributed by atoms with Gasteiger partial charge >= 0.3 is 0 Å². The molecule has 0 aliphatic heterocycles. The first-order valence-electron chi connectivity index (χ1n) is 9.37. The van der Waals surface area contributed by atoms with Crippen LogP contribution >= 0.6 is 0 Å². The molecule has 0 bridgehead atoms. The van der Waals surface area contributed by atoms with Gasteiger partial charge in [0.2, 0.25) is 0 Å². The van der Waals surface area contributed by atoms with Gasteiger partial charge < -0.3 is 20.1 Å². The number of benzene rings is 2. The maximum atomic E-state index is 12.3. The molecule has 0 saturated carbocycles. The van der Waals surface area contributed by atoms with Crippen LogP contribution in [-0.4, -0.2) is 36.1 Å². The molecule has 2 aromatic carbocycles. The maximum Gasteiger partial charge on any atom is 0.275 e. The van der Waals surface area contributed by atoms with E-state index in [4.69, 9.17) is 9.47 Å². The zero-order valence-electron chi connectivity index (χ0n) is 16.3. The Balaban J connectivity index is 1.48. The SMILES string of the molecule is COCCCNc1cnc(C(=O)Nc2ccc(OCc3ccccc3)cc2)cn1. The van der Waals surface area contributed by atoms with Crippen LogP contribution < -0.4 is 15.4 Å². The molecule has 0 fully saturated rings. The molecule has 0 spiro atoms. The number of hydrogen-bond donors (Lipinski definition) is 2. The number of carbonyl (C=O) groups excluding carboxylic acids is 1. The summed E-state index contributed by atoms with van der Waals surface area (Å²) in [7, 11) is 1.67. The molecule has 150 valence electrons. The van der Waals surface area contributed by atoms with Gasteiger partial charge in [-0.05, 0) is 36.2 Å². The minimum atomic E-state index is -0.318. The number of aromatic nitrogens is 2. The molecule has 0 atom stereocenters. The summed E-state index contributed by atoms with van der Waals surface area (Å²) in [5, 5.41) is 5.93. The van der Waals surface area contributed by atoms with E-state index in [1.807, 2.05) is 42.5 Å². The third kappa shape index (κ3) is 6.58. The Morgan fingerprint density at radius 3 is 2.48 bits per heavy atom. The number of carbonyl (C=O) groups is 1. The van der Waals surface area contributed by atoms with Crippen LogP contribution in [0.4, 0.5) is 11.5 Å². The van der Waals surface area contributed by atoms with E-state index in [9.17, 15) is 4.79 Å². The molecule has 3 rings (SSSR count). The van der Waals surface area contributed by atoms with Crippen molar-refractivity contribution in [1.82, 2.24) is 9.97 Å². The lowest BCUT2D eigenvalue weighted by molar-refractivity contribution is 0.102. The van der Waals surface area contributed by atoms with Gasteiger partial charge in [0.1, 0.15) is 23.9 Å². The molecule has 1 aromatic heterocycles. The summed E-state index contributed by atoms with van der Waals surface area (Å²) >= 11 is 0. The van der Waals surface area contributed by atoms with Crippen LogP contribution in [0.1, 0.15) is 22.5 Å². The van der Waals surface area contributed by atoms with Gasteiger partial charge in [-0.25, -0.2) is 9.97 Å². The number of nitrogens with one attached hydrogen (secondary N) is 2. The standard InChI is InChI=1S/C22H24N4O3/c1-28-13-5-12-23-21-15-24-20(14-25-21)22(27)26-18-8-10-19(11-9-18)29-16-17-6-3-2-4-7-17/h2-4,6-11,14-15H,5,12-13,16H2,1H3,(H,23,25)(H,26,27). The zero-order valence-corrected chi connectivity index (χ0v) is 16.3. The fourth-order valence-corrected chi connectivity index (χ4v) is 2.54. The fraction of sp³-hybridized carbons (Fsp3) is 0.227. The van der Waals surface area contributed by atoms with E-state index >= 15 is 0 Å². The molecule has 2 N–H and O–H groups in total. The minimum absolute atomic E-state index is 0.247. The first-order chi connectivity index (χ1) is 14.2. The summed E-state index contributed by atoms with van der Waals surface area (Å²) in [4.78, 5) is 20.7. The van der Waals surface area contributed by atoms with Gasteiger partial charge in [0.15, 0.2) is 0 Å². The van der Waals surface area contributed by atoms with Crippen molar-refractivity contribution in [1.29, 1.82) is 0 Å². The van der Waals surface area contributed by atoms with E-state index in [1.54, 1.807) is 25.4 Å². The predicted molar refractivity (Wildman–Crippen MR) is 112 cm³/mol. The molecular weight excluding hydrogens is 368 g/mol. The summed E-state index contributed by atoms with van der Waals surface area (Å²) in [6.45, 7) is 1.90. The van der Waals surface area contributed by atoms with Crippen LogP contribution in [0, 0.1) is 0 Å². The van der Waals surface area contributed by atoms with Crippen LogP contribution in [0.2, 0.25) is 0 Å². The van der Waals surface area contributed by atoms with Gasteiger partial charge in [-0.2, -0.15) is 0 Å². The van der Waals surface area contributed by atoms with Crippen molar-refractivity contribution in [3.05, 3.63) is 78.2 Å². The minimum Gasteiger partial charge on any atom is -0.489 e. The van der Waals surface area contributed by atoms with E-state index in [0.29, 0.717) is 24.7 Å². The van der Waals surface area contributed by atoms with Gasteiger partial charge in [-0.3, -0.25) is 4.79 Å². The molecule has 0 aliphatic carbocycles. The van der Waals surface area contributed by atoms with E-state index < -0.39 is 0 Å². The van der Waals surface area contributed by atoms with Crippen molar-refractivity contribution in [2.24, 2.45) is 0 Å². The average molecular weight is 392 g/mol. The van der Waals surface area contributed by atoms with Crippen molar-refractivity contribution >= 4 is 17.4 Å². The van der Waals surface area contributed by atoms with E-state index in [0.717, 1.165) is 24.3 Å². The number of rotatable bonds is 10. The lowest BCUT2D eigenvalue weighted by Crippen LogP contribution is -2.14. The second-order valence-electron chi connectivity index (χ2n) is 6.31. The molecule has 0 unspecified atom stereocenters. The van der Waals surface area contributed by atoms with Gasteiger partial charge in [0.05, 0.1) is 12.4 Å². The number of ether oxygens (including phenoxy) is 2. The van der Waals surface area contributed by atoms with E-state index in [1.165, 1.54) is 6.20 Å². The number of methoxy groups -OCH3 is 1. The quantitative estimate of drug-likeness (QED) is 0.511. The first kappa shape index (κ1) is 20.3. The third-order valence-electron chi connectivity index (χ3n) is 4.08. The molecular formula is C22H24N4O3.